The molecule has 3 nitrogen and oxygen atoms in total. The fourth-order valence-corrected chi connectivity index (χ4v) is 4.89. The number of H-pyrrole nitrogens is 1. The van der Waals surface area contributed by atoms with Gasteiger partial charge in [-0.15, -0.1) is 0 Å². The second-order valence-electron chi connectivity index (χ2n) is 9.47. The molecule has 2 heterocycles. The van der Waals surface area contributed by atoms with Crippen molar-refractivity contribution in [1.82, 2.24) is 15.0 Å². The van der Waals surface area contributed by atoms with E-state index in [0.717, 1.165) is 60.6 Å². The van der Waals surface area contributed by atoms with Crippen molar-refractivity contribution in [1.29, 1.82) is 0 Å². The van der Waals surface area contributed by atoms with Crippen LogP contribution in [0.5, 0.6) is 0 Å². The SMILES string of the molecule is C=BCC(C)/C(=C\C)c1nc(CCCCc2ccccc2-c2ccccc2)[nH]c1-c1cccc(C)n1. The monoisotopic (exact) mass is 473 g/mol. The Morgan fingerprint density at radius 2 is 1.69 bits per heavy atom. The number of hydrogen-bond donors (Lipinski definition) is 1. The zero-order valence-corrected chi connectivity index (χ0v) is 21.8. The van der Waals surface area contributed by atoms with Crippen molar-refractivity contribution < 1.29 is 0 Å². The molecule has 1 atom stereocenters. The first kappa shape index (κ1) is 25.6. The van der Waals surface area contributed by atoms with Crippen LogP contribution in [0.15, 0.2) is 78.9 Å². The maximum atomic E-state index is 5.10. The Morgan fingerprint density at radius 1 is 0.944 bits per heavy atom. The molecule has 0 bridgehead atoms. The van der Waals surface area contributed by atoms with Crippen LogP contribution < -0.4 is 0 Å². The number of aromatic nitrogens is 3. The van der Waals surface area contributed by atoms with Crippen LogP contribution in [-0.4, -0.2) is 28.3 Å². The van der Waals surface area contributed by atoms with E-state index in [0.29, 0.717) is 5.92 Å². The van der Waals surface area contributed by atoms with Gasteiger partial charge in [-0.05, 0) is 5.56 Å². The van der Waals surface area contributed by atoms with Gasteiger partial charge in [-0.2, -0.15) is 0 Å². The van der Waals surface area contributed by atoms with Gasteiger partial charge in [-0.25, -0.2) is 0 Å². The van der Waals surface area contributed by atoms with Gasteiger partial charge >= 0.3 is 163 Å². The average molecular weight is 473 g/mol. The average Bonchev–Trinajstić information content (AvgIpc) is 3.32. The first-order valence-electron chi connectivity index (χ1n) is 13.0. The molecular formula is C32H36BN3. The molecule has 0 radical (unpaired) electrons. The van der Waals surface area contributed by atoms with Crippen LogP contribution in [-0.2, 0) is 12.8 Å². The minimum atomic E-state index is 0.349. The van der Waals surface area contributed by atoms with Gasteiger partial charge in [-0.3, -0.25) is 0 Å². The Bertz CT molecular complexity index is 1320. The second-order valence-corrected chi connectivity index (χ2v) is 9.47. The molecule has 0 saturated carbocycles. The molecule has 1 unspecified atom stereocenters. The number of benzene rings is 2. The van der Waals surface area contributed by atoms with Gasteiger partial charge in [0.25, 0.3) is 0 Å². The molecule has 2 aromatic carbocycles. The van der Waals surface area contributed by atoms with Crippen molar-refractivity contribution in [3.05, 3.63) is 102 Å². The number of nitrogens with zero attached hydrogens (tertiary/aromatic N) is 2. The van der Waals surface area contributed by atoms with E-state index in [1.165, 1.54) is 22.3 Å². The summed E-state index contributed by atoms with van der Waals surface area (Å²) in [6, 6.07) is 25.6. The third-order valence-electron chi connectivity index (χ3n) is 6.74. The number of pyridine rings is 1. The predicted molar refractivity (Wildman–Crippen MR) is 156 cm³/mol. The zero-order chi connectivity index (χ0) is 25.3. The molecule has 0 amide bonds. The van der Waals surface area contributed by atoms with Crippen molar-refractivity contribution in [3.63, 3.8) is 0 Å². The number of imidazole rings is 1. The molecule has 0 spiro atoms. The summed E-state index contributed by atoms with van der Waals surface area (Å²) < 4.78 is 0. The number of aromatic amines is 1. The van der Waals surface area contributed by atoms with Crippen LogP contribution in [0.4, 0.5) is 0 Å². The number of aryl methyl sites for hydroxylation is 3. The van der Waals surface area contributed by atoms with E-state index < -0.39 is 0 Å². The summed E-state index contributed by atoms with van der Waals surface area (Å²) in [6.07, 6.45) is 7.27. The Balaban J connectivity index is 1.51. The quantitative estimate of drug-likeness (QED) is 0.180. The van der Waals surface area contributed by atoms with Gasteiger partial charge in [0.05, 0.1) is 0 Å². The van der Waals surface area contributed by atoms with Crippen LogP contribution in [0.25, 0.3) is 28.1 Å². The minimum absolute atomic E-state index is 0.349. The molecule has 0 fully saturated rings. The van der Waals surface area contributed by atoms with Gasteiger partial charge in [0.1, 0.15) is 0 Å². The molecule has 0 aliphatic rings. The van der Waals surface area contributed by atoms with Gasteiger partial charge in [0.15, 0.2) is 0 Å². The molecule has 0 saturated heterocycles. The van der Waals surface area contributed by atoms with Gasteiger partial charge < -0.3 is 0 Å². The zero-order valence-electron chi connectivity index (χ0n) is 21.8. The van der Waals surface area contributed by atoms with Crippen molar-refractivity contribution in [2.75, 3.05) is 0 Å². The van der Waals surface area contributed by atoms with Crippen molar-refractivity contribution in [2.45, 2.75) is 52.8 Å². The van der Waals surface area contributed by atoms with Crippen LogP contribution in [0, 0.1) is 12.8 Å². The molecule has 182 valence electrons. The summed E-state index contributed by atoms with van der Waals surface area (Å²) in [5, 5.41) is 0. The van der Waals surface area contributed by atoms with Crippen LogP contribution in [0.2, 0.25) is 6.32 Å². The van der Waals surface area contributed by atoms with E-state index in [1.807, 2.05) is 19.9 Å². The molecule has 2 aromatic heterocycles. The van der Waals surface area contributed by atoms with E-state index in [2.05, 4.69) is 98.1 Å². The first-order chi connectivity index (χ1) is 17.6. The van der Waals surface area contributed by atoms with E-state index in [9.17, 15) is 0 Å². The van der Waals surface area contributed by atoms with E-state index in [4.69, 9.17) is 9.97 Å². The Hall–Kier alpha value is -3.53. The van der Waals surface area contributed by atoms with Crippen molar-refractivity contribution in [3.8, 4) is 22.5 Å². The summed E-state index contributed by atoms with van der Waals surface area (Å²) in [5.74, 6) is 1.38. The molecule has 4 heteroatoms. The van der Waals surface area contributed by atoms with Gasteiger partial charge in [0.2, 0.25) is 0 Å². The molecule has 36 heavy (non-hydrogen) atoms. The Kier molecular flexibility index (Phi) is 8.83. The number of nitrogens with one attached hydrogen (secondary N) is 1. The number of rotatable bonds is 11. The molecule has 4 aromatic rings. The first-order valence-corrected chi connectivity index (χ1v) is 13.0. The Labute approximate surface area is 216 Å². The third-order valence-corrected chi connectivity index (χ3v) is 6.74. The molecule has 1 N–H and O–H groups in total. The predicted octanol–water partition coefficient (Wildman–Crippen LogP) is 7.61. The Morgan fingerprint density at radius 3 is 2.44 bits per heavy atom. The molecule has 4 rings (SSSR count). The maximum absolute atomic E-state index is 5.10. The number of allylic oxidation sites excluding steroid dienone is 2. The summed E-state index contributed by atoms with van der Waals surface area (Å²) >= 11 is 0. The van der Waals surface area contributed by atoms with Crippen LogP contribution in [0.3, 0.4) is 0 Å². The summed E-state index contributed by atoms with van der Waals surface area (Å²) in [5.41, 5.74) is 9.27. The molecule has 0 aliphatic heterocycles. The fourth-order valence-electron chi connectivity index (χ4n) is 4.89. The second kappa shape index (κ2) is 12.4. The molecule has 0 aliphatic carbocycles. The summed E-state index contributed by atoms with van der Waals surface area (Å²) in [4.78, 5) is 13.5. The van der Waals surface area contributed by atoms with Gasteiger partial charge in [0, 0.05) is 0 Å². The summed E-state index contributed by atoms with van der Waals surface area (Å²) in [7, 11) is 0. The van der Waals surface area contributed by atoms with E-state index in [-0.39, 0.29) is 0 Å². The van der Waals surface area contributed by atoms with Gasteiger partial charge in [-0.1, -0.05) is 48.5 Å². The normalized spacial score (nSPS) is 12.4. The van der Waals surface area contributed by atoms with E-state index >= 15 is 0 Å². The standard InChI is InChI=1S/C32H36BN3/c1-5-27(23(2)22-33-4)31-32(29-20-13-14-24(3)34-29)36-30(35-31)21-12-10-18-26-17-9-11-19-28(26)25-15-7-6-8-16-25/h5-9,11,13-17,19-20,23H,4,10,12,18,21-22H2,1-3H3,(H,35,36)/b27-5+. The van der Waals surface area contributed by atoms with Crippen LogP contribution >= 0.6 is 0 Å². The van der Waals surface area contributed by atoms with Crippen molar-refractivity contribution >= 4 is 19.0 Å². The number of hydrogen-bond acceptors (Lipinski definition) is 2. The topological polar surface area (TPSA) is 41.6 Å². The summed E-state index contributed by atoms with van der Waals surface area (Å²) in [6.45, 7) is 12.3. The van der Waals surface area contributed by atoms with Crippen molar-refractivity contribution in [2.24, 2.45) is 5.92 Å². The van der Waals surface area contributed by atoms with E-state index in [1.54, 1.807) is 0 Å². The third kappa shape index (κ3) is 6.18. The molecular weight excluding hydrogens is 437 g/mol. The fraction of sp³-hybridized carbons (Fsp3) is 0.281. The van der Waals surface area contributed by atoms with Crippen LogP contribution in [0.1, 0.15) is 49.5 Å². The number of unbranched alkanes of at least 4 members (excludes halogenated alkanes) is 1.